The van der Waals surface area contributed by atoms with Crippen molar-refractivity contribution in [3.05, 3.63) is 59.1 Å². The van der Waals surface area contributed by atoms with Crippen molar-refractivity contribution in [3.63, 3.8) is 0 Å². The lowest BCUT2D eigenvalue weighted by molar-refractivity contribution is -0.117. The van der Waals surface area contributed by atoms with E-state index in [0.717, 1.165) is 29.1 Å². The van der Waals surface area contributed by atoms with Gasteiger partial charge in [-0.25, -0.2) is 9.67 Å². The predicted molar refractivity (Wildman–Crippen MR) is 132 cm³/mol. The summed E-state index contributed by atoms with van der Waals surface area (Å²) < 4.78 is 1.84. The van der Waals surface area contributed by atoms with Crippen LogP contribution in [0.2, 0.25) is 0 Å². The maximum Gasteiger partial charge on any atom is 0.256 e. The van der Waals surface area contributed by atoms with Crippen LogP contribution in [0.25, 0.3) is 21.6 Å². The standard InChI is InChI=1S/C25H25N5O2S/c1-14(2)30-23-20(13-26-30)19(12-21(29-23)22-11-4-15(3)33-22)25(32)28-18-9-7-17(8-10-18)27-24(31)16-5-6-16/h4,7-14,16H,5-6H2,1-3H3,(H,27,31)(H,28,32). The lowest BCUT2D eigenvalue weighted by atomic mass is 10.1. The van der Waals surface area contributed by atoms with Gasteiger partial charge < -0.3 is 10.6 Å². The van der Waals surface area contributed by atoms with Crippen molar-refractivity contribution >= 4 is 45.6 Å². The van der Waals surface area contributed by atoms with Crippen molar-refractivity contribution in [1.29, 1.82) is 0 Å². The molecule has 2 N–H and O–H groups in total. The van der Waals surface area contributed by atoms with Gasteiger partial charge in [0.15, 0.2) is 5.65 Å². The second kappa shape index (κ2) is 8.44. The quantitative estimate of drug-likeness (QED) is 0.390. The highest BCUT2D eigenvalue weighted by atomic mass is 32.1. The molecule has 0 spiro atoms. The number of nitrogens with zero attached hydrogens (tertiary/aromatic N) is 3. The highest BCUT2D eigenvalue weighted by Gasteiger charge is 2.29. The van der Waals surface area contributed by atoms with Gasteiger partial charge >= 0.3 is 0 Å². The minimum atomic E-state index is -0.227. The Kier molecular flexibility index (Phi) is 5.46. The highest BCUT2D eigenvalue weighted by molar-refractivity contribution is 7.15. The summed E-state index contributed by atoms with van der Waals surface area (Å²) >= 11 is 1.65. The molecule has 5 rings (SSSR count). The van der Waals surface area contributed by atoms with Crippen molar-refractivity contribution in [2.75, 3.05) is 10.6 Å². The number of fused-ring (bicyclic) bond motifs is 1. The fraction of sp³-hybridized carbons (Fsp3) is 0.280. The Bertz CT molecular complexity index is 1350. The zero-order chi connectivity index (χ0) is 23.1. The number of pyridine rings is 1. The molecule has 1 saturated carbocycles. The Balaban J connectivity index is 1.45. The van der Waals surface area contributed by atoms with Gasteiger partial charge in [0.2, 0.25) is 5.91 Å². The Morgan fingerprint density at radius 1 is 1.06 bits per heavy atom. The molecule has 33 heavy (non-hydrogen) atoms. The average molecular weight is 460 g/mol. The number of carbonyl (C=O) groups is 2. The van der Waals surface area contributed by atoms with Gasteiger partial charge in [0.1, 0.15) is 0 Å². The first kappa shape index (κ1) is 21.3. The molecule has 8 heteroatoms. The highest BCUT2D eigenvalue weighted by Crippen LogP contribution is 2.32. The Morgan fingerprint density at radius 3 is 2.36 bits per heavy atom. The van der Waals surface area contributed by atoms with Crippen molar-refractivity contribution in [1.82, 2.24) is 14.8 Å². The summed E-state index contributed by atoms with van der Waals surface area (Å²) in [6.45, 7) is 6.13. The molecule has 1 aliphatic rings. The van der Waals surface area contributed by atoms with Crippen molar-refractivity contribution in [2.45, 2.75) is 39.7 Å². The summed E-state index contributed by atoms with van der Waals surface area (Å²) in [6.07, 6.45) is 3.62. The normalized spacial score (nSPS) is 13.5. The number of carbonyl (C=O) groups excluding carboxylic acids is 2. The van der Waals surface area contributed by atoms with Gasteiger partial charge in [-0.05, 0) is 76.1 Å². The van der Waals surface area contributed by atoms with E-state index >= 15 is 0 Å². The SMILES string of the molecule is Cc1ccc(-c2cc(C(=O)Nc3ccc(NC(=O)C4CC4)cc3)c3cnn(C(C)C)c3n2)s1. The number of amides is 2. The van der Waals surface area contributed by atoms with Crippen LogP contribution in [0, 0.1) is 12.8 Å². The molecule has 3 heterocycles. The van der Waals surface area contributed by atoms with Crippen LogP contribution in [0.4, 0.5) is 11.4 Å². The molecule has 0 atom stereocenters. The van der Waals surface area contributed by atoms with Crippen LogP contribution in [0.3, 0.4) is 0 Å². The molecule has 1 aliphatic carbocycles. The maximum absolute atomic E-state index is 13.3. The summed E-state index contributed by atoms with van der Waals surface area (Å²) in [5, 5.41) is 11.1. The van der Waals surface area contributed by atoms with E-state index in [2.05, 4.69) is 28.7 Å². The largest absolute Gasteiger partial charge is 0.326 e. The fourth-order valence-electron chi connectivity index (χ4n) is 3.71. The number of hydrogen-bond donors (Lipinski definition) is 2. The van der Waals surface area contributed by atoms with Gasteiger partial charge in [-0.1, -0.05) is 0 Å². The van der Waals surface area contributed by atoms with Gasteiger partial charge in [0.25, 0.3) is 5.91 Å². The van der Waals surface area contributed by atoms with Crippen LogP contribution in [0.15, 0.2) is 48.7 Å². The molecule has 0 saturated heterocycles. The summed E-state index contributed by atoms with van der Waals surface area (Å²) in [6, 6.07) is 13.2. The van der Waals surface area contributed by atoms with Crippen molar-refractivity contribution in [2.24, 2.45) is 5.92 Å². The van der Waals surface area contributed by atoms with E-state index in [0.29, 0.717) is 22.3 Å². The van der Waals surface area contributed by atoms with Crippen LogP contribution >= 0.6 is 11.3 Å². The van der Waals surface area contributed by atoms with Gasteiger partial charge in [-0.15, -0.1) is 11.3 Å². The molecule has 3 aromatic heterocycles. The van der Waals surface area contributed by atoms with E-state index < -0.39 is 0 Å². The van der Waals surface area contributed by atoms with E-state index in [-0.39, 0.29) is 23.8 Å². The van der Waals surface area contributed by atoms with Gasteiger partial charge in [-0.2, -0.15) is 5.10 Å². The Hall–Kier alpha value is -3.52. The molecule has 0 aliphatic heterocycles. The maximum atomic E-state index is 13.3. The summed E-state index contributed by atoms with van der Waals surface area (Å²) in [5.41, 5.74) is 3.35. The molecule has 168 valence electrons. The van der Waals surface area contributed by atoms with E-state index in [4.69, 9.17) is 4.98 Å². The molecule has 0 radical (unpaired) electrons. The second-order valence-corrected chi connectivity index (χ2v) is 9.97. The first-order valence-corrected chi connectivity index (χ1v) is 11.9. The lowest BCUT2D eigenvalue weighted by Crippen LogP contribution is -2.14. The third-order valence-electron chi connectivity index (χ3n) is 5.65. The first-order chi connectivity index (χ1) is 15.9. The molecular weight excluding hydrogens is 434 g/mol. The van der Waals surface area contributed by atoms with Gasteiger partial charge in [0.05, 0.1) is 27.7 Å². The number of rotatable bonds is 6. The number of aromatic nitrogens is 3. The van der Waals surface area contributed by atoms with E-state index in [1.807, 2.05) is 30.7 Å². The average Bonchev–Trinajstić information content (AvgIpc) is 3.42. The Labute approximate surface area is 195 Å². The lowest BCUT2D eigenvalue weighted by Gasteiger charge is -2.11. The number of hydrogen-bond acceptors (Lipinski definition) is 5. The van der Waals surface area contributed by atoms with Crippen LogP contribution in [0.5, 0.6) is 0 Å². The van der Waals surface area contributed by atoms with Crippen LogP contribution in [0.1, 0.15) is 48.0 Å². The first-order valence-electron chi connectivity index (χ1n) is 11.1. The molecule has 1 aromatic carbocycles. The zero-order valence-corrected chi connectivity index (χ0v) is 19.6. The number of thiophene rings is 1. The van der Waals surface area contributed by atoms with Gasteiger partial charge in [-0.3, -0.25) is 9.59 Å². The Morgan fingerprint density at radius 2 is 1.76 bits per heavy atom. The zero-order valence-electron chi connectivity index (χ0n) is 18.8. The monoisotopic (exact) mass is 459 g/mol. The molecular formula is C25H25N5O2S. The van der Waals surface area contributed by atoms with Crippen LogP contribution < -0.4 is 10.6 Å². The summed E-state index contributed by atoms with van der Waals surface area (Å²) in [5.74, 6) is -0.0222. The third kappa shape index (κ3) is 4.39. The molecule has 4 aromatic rings. The predicted octanol–water partition coefficient (Wildman–Crippen LogP) is 5.65. The van der Waals surface area contributed by atoms with E-state index in [9.17, 15) is 9.59 Å². The minimum Gasteiger partial charge on any atom is -0.326 e. The summed E-state index contributed by atoms with van der Waals surface area (Å²) in [7, 11) is 0. The second-order valence-electron chi connectivity index (χ2n) is 8.68. The third-order valence-corrected chi connectivity index (χ3v) is 6.67. The van der Waals surface area contributed by atoms with Gasteiger partial charge in [0, 0.05) is 28.2 Å². The van der Waals surface area contributed by atoms with E-state index in [1.165, 1.54) is 4.88 Å². The molecule has 0 unspecified atom stereocenters. The number of nitrogens with one attached hydrogen (secondary N) is 2. The van der Waals surface area contributed by atoms with E-state index in [1.54, 1.807) is 41.8 Å². The minimum absolute atomic E-state index is 0.0597. The number of aryl methyl sites for hydroxylation is 1. The van der Waals surface area contributed by atoms with Crippen LogP contribution in [-0.4, -0.2) is 26.6 Å². The fourth-order valence-corrected chi connectivity index (χ4v) is 4.54. The van der Waals surface area contributed by atoms with Crippen molar-refractivity contribution < 1.29 is 9.59 Å². The topological polar surface area (TPSA) is 88.9 Å². The van der Waals surface area contributed by atoms with Crippen LogP contribution in [-0.2, 0) is 4.79 Å². The molecule has 1 fully saturated rings. The smallest absolute Gasteiger partial charge is 0.256 e. The van der Waals surface area contributed by atoms with Crippen molar-refractivity contribution in [3.8, 4) is 10.6 Å². The molecule has 2 amide bonds. The molecule has 7 nitrogen and oxygen atoms in total. The number of anilines is 2. The number of benzene rings is 1. The molecule has 0 bridgehead atoms. The summed E-state index contributed by atoms with van der Waals surface area (Å²) in [4.78, 5) is 32.3.